The summed E-state index contributed by atoms with van der Waals surface area (Å²) in [6.07, 6.45) is 3.41. The number of hydrogen-bond donors (Lipinski definition) is 2. The van der Waals surface area contributed by atoms with E-state index in [1.54, 1.807) is 41.3 Å². The van der Waals surface area contributed by atoms with Crippen molar-refractivity contribution in [2.75, 3.05) is 25.0 Å². The van der Waals surface area contributed by atoms with Crippen molar-refractivity contribution in [3.05, 3.63) is 59.7 Å². The van der Waals surface area contributed by atoms with Gasteiger partial charge in [0.1, 0.15) is 5.75 Å². The third-order valence-electron chi connectivity index (χ3n) is 4.70. The number of carbonyl (C=O) groups excluding carboxylic acids is 3. The molecule has 3 rings (SSSR count). The van der Waals surface area contributed by atoms with Crippen LogP contribution < -0.4 is 15.5 Å². The zero-order valence-corrected chi connectivity index (χ0v) is 16.8. The summed E-state index contributed by atoms with van der Waals surface area (Å²) in [6.45, 7) is 3.30. The highest BCUT2D eigenvalue weighted by Gasteiger charge is 2.18. The van der Waals surface area contributed by atoms with Gasteiger partial charge in [0.05, 0.1) is 6.21 Å². The molecule has 0 saturated carbocycles. The molecule has 1 aliphatic heterocycles. The number of benzene rings is 2. The molecule has 0 spiro atoms. The lowest BCUT2D eigenvalue weighted by Gasteiger charge is -2.16. The number of likely N-dealkylation sites (tertiary alicyclic amines) is 1. The Morgan fingerprint density at radius 3 is 2.50 bits per heavy atom. The summed E-state index contributed by atoms with van der Waals surface area (Å²) in [4.78, 5) is 37.9. The van der Waals surface area contributed by atoms with E-state index in [4.69, 9.17) is 4.74 Å². The van der Waals surface area contributed by atoms with Crippen molar-refractivity contribution in [3.8, 4) is 5.75 Å². The summed E-state index contributed by atoms with van der Waals surface area (Å²) in [7, 11) is 0. The molecular formula is C22H24N4O4. The maximum Gasteiger partial charge on any atom is 0.329 e. The average molecular weight is 408 g/mol. The van der Waals surface area contributed by atoms with Crippen LogP contribution in [0.15, 0.2) is 53.6 Å². The van der Waals surface area contributed by atoms with Gasteiger partial charge in [-0.3, -0.25) is 14.4 Å². The number of rotatable bonds is 6. The molecule has 0 aliphatic carbocycles. The smallest absolute Gasteiger partial charge is 0.329 e. The number of nitrogens with zero attached hydrogens (tertiary/aromatic N) is 2. The van der Waals surface area contributed by atoms with Crippen LogP contribution in [-0.4, -0.2) is 48.5 Å². The summed E-state index contributed by atoms with van der Waals surface area (Å²) in [5, 5.41) is 6.37. The van der Waals surface area contributed by atoms with Crippen LogP contribution in [0.4, 0.5) is 5.69 Å². The van der Waals surface area contributed by atoms with Crippen molar-refractivity contribution in [2.24, 2.45) is 5.10 Å². The highest BCUT2D eigenvalue weighted by molar-refractivity contribution is 6.39. The number of hydrazone groups is 1. The van der Waals surface area contributed by atoms with Gasteiger partial charge >= 0.3 is 11.8 Å². The maximum atomic E-state index is 12.1. The van der Waals surface area contributed by atoms with Gasteiger partial charge in [-0.15, -0.1) is 0 Å². The first-order valence-corrected chi connectivity index (χ1v) is 9.74. The van der Waals surface area contributed by atoms with Crippen LogP contribution in [0.2, 0.25) is 0 Å². The van der Waals surface area contributed by atoms with Gasteiger partial charge in [0.25, 0.3) is 5.91 Å². The van der Waals surface area contributed by atoms with E-state index in [0.717, 1.165) is 31.5 Å². The molecule has 8 nitrogen and oxygen atoms in total. The number of hydrogen-bond acceptors (Lipinski definition) is 5. The molecule has 0 aromatic heterocycles. The molecular weight excluding hydrogens is 384 g/mol. The third-order valence-corrected chi connectivity index (χ3v) is 4.70. The molecule has 2 aromatic carbocycles. The molecule has 0 atom stereocenters. The van der Waals surface area contributed by atoms with Gasteiger partial charge in [0, 0.05) is 24.3 Å². The lowest BCUT2D eigenvalue weighted by molar-refractivity contribution is -0.136. The minimum Gasteiger partial charge on any atom is -0.483 e. The number of ether oxygens (including phenoxy) is 1. The van der Waals surface area contributed by atoms with Crippen LogP contribution in [-0.2, 0) is 14.4 Å². The Bertz CT molecular complexity index is 952. The second-order valence-electron chi connectivity index (χ2n) is 6.88. The lowest BCUT2D eigenvalue weighted by atomic mass is 10.2. The van der Waals surface area contributed by atoms with Gasteiger partial charge in [-0.2, -0.15) is 5.10 Å². The van der Waals surface area contributed by atoms with Crippen molar-refractivity contribution in [3.63, 3.8) is 0 Å². The third kappa shape index (κ3) is 5.66. The molecule has 0 radical (unpaired) electrons. The molecule has 156 valence electrons. The molecule has 1 heterocycles. The Morgan fingerprint density at radius 2 is 1.73 bits per heavy atom. The molecule has 3 amide bonds. The second-order valence-corrected chi connectivity index (χ2v) is 6.88. The molecule has 0 unspecified atom stereocenters. The second kappa shape index (κ2) is 10.2. The van der Waals surface area contributed by atoms with E-state index in [9.17, 15) is 14.4 Å². The van der Waals surface area contributed by atoms with E-state index in [0.29, 0.717) is 17.0 Å². The van der Waals surface area contributed by atoms with Gasteiger partial charge in [0.15, 0.2) is 6.61 Å². The SMILES string of the molecule is Cc1ccccc1NC(=O)C(=O)N/N=C\c1ccccc1OCC(=O)N1CCCC1. The summed E-state index contributed by atoms with van der Waals surface area (Å²) >= 11 is 0. The van der Waals surface area contributed by atoms with Crippen molar-refractivity contribution < 1.29 is 19.1 Å². The Morgan fingerprint density at radius 1 is 1.03 bits per heavy atom. The lowest BCUT2D eigenvalue weighted by Crippen LogP contribution is -2.32. The standard InChI is InChI=1S/C22H24N4O4/c1-16-8-2-4-10-18(16)24-21(28)22(29)25-23-14-17-9-3-5-11-19(17)30-15-20(27)26-12-6-7-13-26/h2-5,8-11,14H,6-7,12-13,15H2,1H3,(H,24,28)(H,25,29)/b23-14-. The van der Waals surface area contributed by atoms with Crippen LogP contribution in [0, 0.1) is 6.92 Å². The van der Waals surface area contributed by atoms with Crippen LogP contribution in [0.25, 0.3) is 0 Å². The van der Waals surface area contributed by atoms with E-state index in [1.807, 2.05) is 19.1 Å². The van der Waals surface area contributed by atoms with E-state index < -0.39 is 11.8 Å². The van der Waals surface area contributed by atoms with Gasteiger partial charge < -0.3 is 15.0 Å². The molecule has 1 fully saturated rings. The van der Waals surface area contributed by atoms with Gasteiger partial charge in [-0.25, -0.2) is 5.43 Å². The summed E-state index contributed by atoms with van der Waals surface area (Å²) in [5.74, 6) is -1.30. The average Bonchev–Trinajstić information content (AvgIpc) is 3.29. The first-order valence-electron chi connectivity index (χ1n) is 9.74. The number of aryl methyl sites for hydroxylation is 1. The van der Waals surface area contributed by atoms with Crippen LogP contribution in [0.5, 0.6) is 5.75 Å². The molecule has 2 aromatic rings. The van der Waals surface area contributed by atoms with Crippen molar-refractivity contribution in [1.29, 1.82) is 0 Å². The Labute approximate surface area is 174 Å². The maximum absolute atomic E-state index is 12.1. The van der Waals surface area contributed by atoms with Crippen molar-refractivity contribution in [2.45, 2.75) is 19.8 Å². The number of nitrogens with one attached hydrogen (secondary N) is 2. The van der Waals surface area contributed by atoms with Gasteiger partial charge in [-0.05, 0) is 43.5 Å². The monoisotopic (exact) mass is 408 g/mol. The van der Waals surface area contributed by atoms with Crippen molar-refractivity contribution >= 4 is 29.6 Å². The van der Waals surface area contributed by atoms with Crippen molar-refractivity contribution in [1.82, 2.24) is 10.3 Å². The van der Waals surface area contributed by atoms with Crippen LogP contribution in [0.1, 0.15) is 24.0 Å². The van der Waals surface area contributed by atoms with Gasteiger partial charge in [-0.1, -0.05) is 30.3 Å². The zero-order valence-electron chi connectivity index (χ0n) is 16.8. The zero-order chi connectivity index (χ0) is 21.3. The quantitative estimate of drug-likeness (QED) is 0.434. The molecule has 30 heavy (non-hydrogen) atoms. The Hall–Kier alpha value is -3.68. The highest BCUT2D eigenvalue weighted by atomic mass is 16.5. The minimum absolute atomic E-state index is 0.0552. The fourth-order valence-corrected chi connectivity index (χ4v) is 3.02. The fraction of sp³-hybridized carbons (Fsp3) is 0.273. The fourth-order valence-electron chi connectivity index (χ4n) is 3.02. The Kier molecular flexibility index (Phi) is 7.15. The summed E-state index contributed by atoms with van der Waals surface area (Å²) < 4.78 is 5.63. The van der Waals surface area contributed by atoms with E-state index in [1.165, 1.54) is 6.21 Å². The highest BCUT2D eigenvalue weighted by Crippen LogP contribution is 2.17. The van der Waals surface area contributed by atoms with Gasteiger partial charge in [0.2, 0.25) is 0 Å². The normalized spacial score (nSPS) is 13.3. The molecule has 2 N–H and O–H groups in total. The molecule has 1 saturated heterocycles. The molecule has 1 aliphatic rings. The molecule has 0 bridgehead atoms. The first-order chi connectivity index (χ1) is 14.5. The summed E-state index contributed by atoms with van der Waals surface area (Å²) in [6, 6.07) is 14.2. The minimum atomic E-state index is -0.892. The van der Waals surface area contributed by atoms with Crippen LogP contribution in [0.3, 0.4) is 0 Å². The largest absolute Gasteiger partial charge is 0.483 e. The molecule has 8 heteroatoms. The Balaban J connectivity index is 1.54. The topological polar surface area (TPSA) is 100 Å². The predicted molar refractivity (Wildman–Crippen MR) is 113 cm³/mol. The van der Waals surface area contributed by atoms with E-state index in [-0.39, 0.29) is 12.5 Å². The predicted octanol–water partition coefficient (Wildman–Crippen LogP) is 2.09. The number of amides is 3. The van der Waals surface area contributed by atoms with E-state index >= 15 is 0 Å². The van der Waals surface area contributed by atoms with E-state index in [2.05, 4.69) is 15.8 Å². The summed E-state index contributed by atoms with van der Waals surface area (Å²) in [5.41, 5.74) is 4.17. The number of para-hydroxylation sites is 2. The number of anilines is 1. The number of carbonyl (C=O) groups is 3. The first kappa shape index (κ1) is 21.0. The van der Waals surface area contributed by atoms with Crippen LogP contribution >= 0.6 is 0 Å².